The lowest BCUT2D eigenvalue weighted by atomic mass is 9.95. The summed E-state index contributed by atoms with van der Waals surface area (Å²) in [5, 5.41) is 3.10. The molecule has 1 saturated carbocycles. The molecule has 2 amide bonds. The molecule has 2 heterocycles. The van der Waals surface area contributed by atoms with E-state index >= 15 is 0 Å². The van der Waals surface area contributed by atoms with E-state index in [2.05, 4.69) is 5.32 Å². The monoisotopic (exact) mass is 342 g/mol. The number of fused-ring (bicyclic) bond motifs is 1. The van der Waals surface area contributed by atoms with Crippen LogP contribution in [0, 0.1) is 0 Å². The smallest absolute Gasteiger partial charge is 0.340 e. The summed E-state index contributed by atoms with van der Waals surface area (Å²) in [5.74, 6) is -0.705. The van der Waals surface area contributed by atoms with E-state index in [-0.39, 0.29) is 17.9 Å². The van der Waals surface area contributed by atoms with Crippen LogP contribution >= 0.6 is 0 Å². The van der Waals surface area contributed by atoms with Crippen molar-refractivity contribution < 1.29 is 19.1 Å². The molecule has 0 aromatic heterocycles. The van der Waals surface area contributed by atoms with Gasteiger partial charge in [-0.25, -0.2) is 4.79 Å². The van der Waals surface area contributed by atoms with Gasteiger partial charge in [-0.3, -0.25) is 14.5 Å². The van der Waals surface area contributed by atoms with Crippen LogP contribution in [0.25, 0.3) is 0 Å². The molecular formula is C19H22N2O4. The normalized spacial score (nSPS) is 26.5. The van der Waals surface area contributed by atoms with Crippen LogP contribution in [0.5, 0.6) is 0 Å². The summed E-state index contributed by atoms with van der Waals surface area (Å²) < 4.78 is 5.44. The molecule has 3 aliphatic rings. The predicted molar refractivity (Wildman–Crippen MR) is 89.5 cm³/mol. The Morgan fingerprint density at radius 1 is 1.08 bits per heavy atom. The van der Waals surface area contributed by atoms with Crippen molar-refractivity contribution in [3.8, 4) is 0 Å². The number of hydrogen-bond acceptors (Lipinski definition) is 4. The van der Waals surface area contributed by atoms with Crippen molar-refractivity contribution in [2.24, 2.45) is 0 Å². The average Bonchev–Trinajstić information content (AvgIpc) is 3.16. The highest BCUT2D eigenvalue weighted by atomic mass is 16.6. The molecule has 1 saturated heterocycles. The minimum atomic E-state index is -0.791. The Morgan fingerprint density at radius 2 is 1.84 bits per heavy atom. The van der Waals surface area contributed by atoms with E-state index in [1.54, 1.807) is 18.2 Å². The standard InChI is InChI=1S/C19H22N2O4/c22-16-11-10-15(17(23)20-12-6-2-1-3-7-12)21(16)18-13-8-4-5-9-14(13)19(24)25-18/h4-5,8-9,12,15,18H,1-3,6-7,10-11H2,(H,20,23)/t15-,18-/m1/s1. The molecule has 25 heavy (non-hydrogen) atoms. The van der Waals surface area contributed by atoms with Crippen LogP contribution in [0.3, 0.4) is 0 Å². The van der Waals surface area contributed by atoms with Crippen LogP contribution in [0.2, 0.25) is 0 Å². The number of amides is 2. The number of carbonyl (C=O) groups excluding carboxylic acids is 3. The molecule has 132 valence electrons. The Labute approximate surface area is 146 Å². The molecule has 6 nitrogen and oxygen atoms in total. The van der Waals surface area contributed by atoms with Gasteiger partial charge in [0.25, 0.3) is 0 Å². The second-order valence-corrected chi connectivity index (χ2v) is 7.04. The van der Waals surface area contributed by atoms with Crippen LogP contribution in [0.15, 0.2) is 24.3 Å². The Morgan fingerprint density at radius 3 is 2.64 bits per heavy atom. The number of hydrogen-bond donors (Lipinski definition) is 1. The van der Waals surface area contributed by atoms with Gasteiger partial charge in [-0.15, -0.1) is 0 Å². The summed E-state index contributed by atoms with van der Waals surface area (Å²) in [6.45, 7) is 0. The summed E-state index contributed by atoms with van der Waals surface area (Å²) >= 11 is 0. The maximum Gasteiger partial charge on any atom is 0.340 e. The molecule has 0 radical (unpaired) electrons. The number of esters is 1. The molecular weight excluding hydrogens is 320 g/mol. The summed E-state index contributed by atoms with van der Waals surface area (Å²) in [4.78, 5) is 38.7. The van der Waals surface area contributed by atoms with Gasteiger partial charge in [0.15, 0.2) is 0 Å². The Bertz CT molecular complexity index is 711. The summed E-state index contributed by atoms with van der Waals surface area (Å²) in [6.07, 6.45) is 5.45. The van der Waals surface area contributed by atoms with E-state index in [0.29, 0.717) is 24.0 Å². The number of ether oxygens (including phenoxy) is 1. The quantitative estimate of drug-likeness (QED) is 0.855. The first kappa shape index (κ1) is 16.1. The average molecular weight is 342 g/mol. The molecule has 0 bridgehead atoms. The topological polar surface area (TPSA) is 75.7 Å². The first-order valence-electron chi connectivity index (χ1n) is 9.06. The Balaban J connectivity index is 1.54. The highest BCUT2D eigenvalue weighted by Gasteiger charge is 2.46. The molecule has 1 N–H and O–H groups in total. The van der Waals surface area contributed by atoms with E-state index in [1.165, 1.54) is 11.3 Å². The third-order valence-corrected chi connectivity index (χ3v) is 5.43. The fourth-order valence-corrected chi connectivity index (χ4v) is 4.13. The zero-order valence-corrected chi connectivity index (χ0v) is 14.1. The number of rotatable bonds is 3. The maximum absolute atomic E-state index is 12.8. The van der Waals surface area contributed by atoms with Crippen molar-refractivity contribution in [2.45, 2.75) is 63.3 Å². The number of nitrogens with one attached hydrogen (secondary N) is 1. The summed E-state index contributed by atoms with van der Waals surface area (Å²) in [7, 11) is 0. The summed E-state index contributed by atoms with van der Waals surface area (Å²) in [6, 6.07) is 6.67. The highest BCUT2D eigenvalue weighted by Crippen LogP contribution is 2.38. The van der Waals surface area contributed by atoms with Crippen molar-refractivity contribution in [3.05, 3.63) is 35.4 Å². The molecule has 1 aliphatic carbocycles. The van der Waals surface area contributed by atoms with E-state index in [0.717, 1.165) is 25.7 Å². The van der Waals surface area contributed by atoms with Crippen molar-refractivity contribution in [1.29, 1.82) is 0 Å². The minimum Gasteiger partial charge on any atom is -0.433 e. The van der Waals surface area contributed by atoms with Gasteiger partial charge >= 0.3 is 5.97 Å². The minimum absolute atomic E-state index is 0.127. The molecule has 4 rings (SSSR count). The fraction of sp³-hybridized carbons (Fsp3) is 0.526. The Kier molecular flexibility index (Phi) is 4.19. The first-order valence-corrected chi connectivity index (χ1v) is 9.06. The molecule has 1 aromatic rings. The van der Waals surface area contributed by atoms with Gasteiger partial charge in [-0.2, -0.15) is 0 Å². The SMILES string of the molecule is O=C1O[C@@H](N2C(=O)CC[C@@H]2C(=O)NC2CCCCC2)c2ccccc21. The van der Waals surface area contributed by atoms with Crippen LogP contribution in [0.1, 0.15) is 67.1 Å². The van der Waals surface area contributed by atoms with Crippen LogP contribution in [0.4, 0.5) is 0 Å². The zero-order chi connectivity index (χ0) is 17.4. The van der Waals surface area contributed by atoms with E-state index in [4.69, 9.17) is 4.74 Å². The lowest BCUT2D eigenvalue weighted by molar-refractivity contribution is -0.146. The number of carbonyl (C=O) groups is 3. The Hall–Kier alpha value is -2.37. The van der Waals surface area contributed by atoms with Crippen molar-refractivity contribution in [3.63, 3.8) is 0 Å². The van der Waals surface area contributed by atoms with Gasteiger partial charge in [-0.05, 0) is 25.3 Å². The second kappa shape index (κ2) is 6.50. The third kappa shape index (κ3) is 2.90. The van der Waals surface area contributed by atoms with Crippen molar-refractivity contribution >= 4 is 17.8 Å². The number of likely N-dealkylation sites (tertiary alicyclic amines) is 1. The van der Waals surface area contributed by atoms with Crippen LogP contribution in [-0.4, -0.2) is 34.8 Å². The van der Waals surface area contributed by atoms with E-state index < -0.39 is 18.2 Å². The predicted octanol–water partition coefficient (Wildman–Crippen LogP) is 2.30. The molecule has 2 atom stereocenters. The number of nitrogens with zero attached hydrogens (tertiary/aromatic N) is 1. The third-order valence-electron chi connectivity index (χ3n) is 5.43. The molecule has 6 heteroatoms. The van der Waals surface area contributed by atoms with Crippen LogP contribution in [-0.2, 0) is 14.3 Å². The second-order valence-electron chi connectivity index (χ2n) is 7.04. The molecule has 0 spiro atoms. The largest absolute Gasteiger partial charge is 0.433 e. The van der Waals surface area contributed by atoms with Crippen molar-refractivity contribution in [2.75, 3.05) is 0 Å². The lowest BCUT2D eigenvalue weighted by Gasteiger charge is -2.31. The van der Waals surface area contributed by atoms with Crippen molar-refractivity contribution in [1.82, 2.24) is 10.2 Å². The van der Waals surface area contributed by atoms with Crippen LogP contribution < -0.4 is 5.32 Å². The molecule has 1 aromatic carbocycles. The van der Waals surface area contributed by atoms with Gasteiger partial charge in [0.2, 0.25) is 18.0 Å². The molecule has 2 fully saturated rings. The van der Waals surface area contributed by atoms with E-state index in [1.807, 2.05) is 6.07 Å². The van der Waals surface area contributed by atoms with Gasteiger partial charge < -0.3 is 10.1 Å². The number of cyclic esters (lactones) is 1. The van der Waals surface area contributed by atoms with E-state index in [9.17, 15) is 14.4 Å². The van der Waals surface area contributed by atoms with Gasteiger partial charge in [0, 0.05) is 18.0 Å². The molecule has 0 unspecified atom stereocenters. The number of benzene rings is 1. The van der Waals surface area contributed by atoms with Gasteiger partial charge in [0.1, 0.15) is 6.04 Å². The fourth-order valence-electron chi connectivity index (χ4n) is 4.13. The van der Waals surface area contributed by atoms with Gasteiger partial charge in [0.05, 0.1) is 5.56 Å². The molecule has 2 aliphatic heterocycles. The van der Waals surface area contributed by atoms with Gasteiger partial charge in [-0.1, -0.05) is 37.5 Å². The maximum atomic E-state index is 12.8. The lowest BCUT2D eigenvalue weighted by Crippen LogP contribution is -2.49. The highest BCUT2D eigenvalue weighted by molar-refractivity contribution is 5.96. The summed E-state index contributed by atoms with van der Waals surface area (Å²) in [5.41, 5.74) is 1.14. The zero-order valence-electron chi connectivity index (χ0n) is 14.1. The first-order chi connectivity index (χ1) is 12.1.